The van der Waals surface area contributed by atoms with Crippen molar-refractivity contribution in [3.05, 3.63) is 95.4 Å². The summed E-state index contributed by atoms with van der Waals surface area (Å²) in [5.41, 5.74) is 6.36. The summed E-state index contributed by atoms with van der Waals surface area (Å²) < 4.78 is 7.47. The Bertz CT molecular complexity index is 1360. The van der Waals surface area contributed by atoms with Crippen LogP contribution in [0.5, 0.6) is 5.88 Å². The van der Waals surface area contributed by atoms with Gasteiger partial charge in [0.1, 0.15) is 12.3 Å². The van der Waals surface area contributed by atoms with Crippen molar-refractivity contribution >= 4 is 23.1 Å². The van der Waals surface area contributed by atoms with E-state index in [-0.39, 0.29) is 0 Å². The van der Waals surface area contributed by atoms with Gasteiger partial charge in [-0.2, -0.15) is 0 Å². The highest BCUT2D eigenvalue weighted by molar-refractivity contribution is 6.47. The Morgan fingerprint density at radius 3 is 2.31 bits per heavy atom. The standard InChI is InChI=1S/C29H30N4O3/c1-19-16-20(2)31-26(17-19)36-15-14-30-23-10-12-24(13-11-23)32-29(35)28(34)27-25(18-21(3)33(27)4)22-8-6-5-7-9-22/h5-13,16-18,30H,14-15H2,1-4H3,(H,32,35). The first-order chi connectivity index (χ1) is 17.3. The molecule has 0 spiro atoms. The molecule has 7 heteroatoms. The second kappa shape index (κ2) is 10.9. The summed E-state index contributed by atoms with van der Waals surface area (Å²) in [6.45, 7) is 6.92. The molecule has 0 aliphatic rings. The number of carbonyl (C=O) groups is 2. The number of ether oxygens (including phenoxy) is 1. The van der Waals surface area contributed by atoms with Crippen LogP contribution >= 0.6 is 0 Å². The fourth-order valence-corrected chi connectivity index (χ4v) is 4.04. The van der Waals surface area contributed by atoms with E-state index in [1.165, 1.54) is 0 Å². The van der Waals surface area contributed by atoms with Crippen LogP contribution in [0.25, 0.3) is 11.1 Å². The van der Waals surface area contributed by atoms with Crippen molar-refractivity contribution in [1.29, 1.82) is 0 Å². The van der Waals surface area contributed by atoms with E-state index in [2.05, 4.69) is 15.6 Å². The molecule has 0 aliphatic carbocycles. The van der Waals surface area contributed by atoms with Crippen molar-refractivity contribution in [2.75, 3.05) is 23.8 Å². The molecule has 184 valence electrons. The maximum absolute atomic E-state index is 13.1. The second-order valence-electron chi connectivity index (χ2n) is 8.73. The van der Waals surface area contributed by atoms with Crippen molar-refractivity contribution in [3.8, 4) is 17.0 Å². The van der Waals surface area contributed by atoms with Crippen molar-refractivity contribution < 1.29 is 14.3 Å². The Morgan fingerprint density at radius 2 is 1.61 bits per heavy atom. The lowest BCUT2D eigenvalue weighted by Crippen LogP contribution is -2.25. The summed E-state index contributed by atoms with van der Waals surface area (Å²) in [6.07, 6.45) is 0. The molecular formula is C29H30N4O3. The lowest BCUT2D eigenvalue weighted by Gasteiger charge is -2.11. The largest absolute Gasteiger partial charge is 0.476 e. The molecule has 0 fully saturated rings. The van der Waals surface area contributed by atoms with E-state index >= 15 is 0 Å². The van der Waals surface area contributed by atoms with Crippen molar-refractivity contribution in [2.24, 2.45) is 7.05 Å². The van der Waals surface area contributed by atoms with Crippen LogP contribution in [0.2, 0.25) is 0 Å². The van der Waals surface area contributed by atoms with Gasteiger partial charge in [0.25, 0.3) is 11.7 Å². The Kier molecular flexibility index (Phi) is 7.49. The monoisotopic (exact) mass is 482 g/mol. The minimum absolute atomic E-state index is 0.368. The van der Waals surface area contributed by atoms with Crippen LogP contribution in [0.1, 0.15) is 27.4 Å². The van der Waals surface area contributed by atoms with Crippen molar-refractivity contribution in [1.82, 2.24) is 9.55 Å². The number of Topliss-reactive ketones (excluding diaryl/α,β-unsaturated/α-hetero) is 1. The number of nitrogens with zero attached hydrogens (tertiary/aromatic N) is 2. The molecule has 0 bridgehead atoms. The molecule has 2 aromatic heterocycles. The summed E-state index contributed by atoms with van der Waals surface area (Å²) in [6, 6.07) is 22.6. The molecule has 2 aromatic carbocycles. The molecule has 7 nitrogen and oxygen atoms in total. The molecule has 4 aromatic rings. The Balaban J connectivity index is 1.35. The first-order valence-corrected chi connectivity index (χ1v) is 11.8. The maximum atomic E-state index is 13.1. The zero-order valence-corrected chi connectivity index (χ0v) is 21.0. The van der Waals surface area contributed by atoms with Crippen LogP contribution < -0.4 is 15.4 Å². The summed E-state index contributed by atoms with van der Waals surface area (Å²) in [5, 5.41) is 5.99. The summed E-state index contributed by atoms with van der Waals surface area (Å²) in [4.78, 5) is 30.3. The van der Waals surface area contributed by atoms with Gasteiger partial charge in [-0.3, -0.25) is 9.59 Å². The lowest BCUT2D eigenvalue weighted by atomic mass is 10.0. The number of carbonyl (C=O) groups excluding carboxylic acids is 2. The van der Waals surface area contributed by atoms with Gasteiger partial charge < -0.3 is 19.9 Å². The number of ketones is 1. The Labute approximate surface area is 211 Å². The molecule has 36 heavy (non-hydrogen) atoms. The molecule has 0 radical (unpaired) electrons. The topological polar surface area (TPSA) is 85.2 Å². The second-order valence-corrected chi connectivity index (χ2v) is 8.73. The van der Waals surface area contributed by atoms with E-state index in [1.54, 1.807) is 23.7 Å². The van der Waals surface area contributed by atoms with Crippen molar-refractivity contribution in [3.63, 3.8) is 0 Å². The lowest BCUT2D eigenvalue weighted by molar-refractivity contribution is -0.112. The normalized spacial score (nSPS) is 10.7. The minimum Gasteiger partial charge on any atom is -0.476 e. The number of aromatic nitrogens is 2. The summed E-state index contributed by atoms with van der Waals surface area (Å²) in [5.74, 6) is -0.645. The van der Waals surface area contributed by atoms with Crippen LogP contribution in [0.3, 0.4) is 0 Å². The molecule has 2 heterocycles. The van der Waals surface area contributed by atoms with E-state index in [1.807, 2.05) is 81.4 Å². The molecule has 1 amide bonds. The van der Waals surface area contributed by atoms with E-state index < -0.39 is 11.7 Å². The Morgan fingerprint density at radius 1 is 0.917 bits per heavy atom. The van der Waals surface area contributed by atoms with E-state index in [4.69, 9.17) is 4.74 Å². The van der Waals surface area contributed by atoms with Gasteiger partial charge in [0.15, 0.2) is 0 Å². The number of rotatable bonds is 9. The van der Waals surface area contributed by atoms with Crippen LogP contribution in [-0.2, 0) is 11.8 Å². The highest BCUT2D eigenvalue weighted by Gasteiger charge is 2.25. The van der Waals surface area contributed by atoms with Gasteiger partial charge in [-0.25, -0.2) is 4.98 Å². The number of hydrogen-bond donors (Lipinski definition) is 2. The predicted octanol–water partition coefficient (Wildman–Crippen LogP) is 5.32. The number of amides is 1. The van der Waals surface area contributed by atoms with Crippen LogP contribution in [-0.4, -0.2) is 34.4 Å². The summed E-state index contributed by atoms with van der Waals surface area (Å²) >= 11 is 0. The number of benzene rings is 2. The molecular weight excluding hydrogens is 452 g/mol. The SMILES string of the molecule is Cc1cc(C)nc(OCCNc2ccc(NC(=O)C(=O)c3c(-c4ccccc4)cc(C)n3C)cc2)c1. The molecule has 0 atom stereocenters. The fourth-order valence-electron chi connectivity index (χ4n) is 4.04. The fraction of sp³-hybridized carbons (Fsp3) is 0.207. The Hall–Kier alpha value is -4.39. The van der Waals surface area contributed by atoms with Gasteiger partial charge in [-0.05, 0) is 68.3 Å². The number of aryl methyl sites for hydroxylation is 3. The highest BCUT2D eigenvalue weighted by atomic mass is 16.5. The third-order valence-corrected chi connectivity index (χ3v) is 5.88. The molecule has 2 N–H and O–H groups in total. The molecule has 0 unspecified atom stereocenters. The van der Waals surface area contributed by atoms with Crippen LogP contribution in [0.15, 0.2) is 72.8 Å². The van der Waals surface area contributed by atoms with Gasteiger partial charge in [0.05, 0.1) is 0 Å². The molecule has 0 saturated carbocycles. The summed E-state index contributed by atoms with van der Waals surface area (Å²) in [7, 11) is 1.79. The van der Waals surface area contributed by atoms with Gasteiger partial charge in [-0.1, -0.05) is 30.3 Å². The van der Waals surface area contributed by atoms with E-state index in [0.717, 1.165) is 33.8 Å². The average molecular weight is 483 g/mol. The molecule has 4 rings (SSSR count). The first-order valence-electron chi connectivity index (χ1n) is 11.8. The first kappa shape index (κ1) is 24.7. The van der Waals surface area contributed by atoms with Gasteiger partial charge in [0, 0.05) is 48.0 Å². The van der Waals surface area contributed by atoms with Gasteiger partial charge >= 0.3 is 0 Å². The highest BCUT2D eigenvalue weighted by Crippen LogP contribution is 2.27. The van der Waals surface area contributed by atoms with Gasteiger partial charge in [0.2, 0.25) is 5.88 Å². The predicted molar refractivity (Wildman–Crippen MR) is 143 cm³/mol. The number of anilines is 2. The van der Waals surface area contributed by atoms with Gasteiger partial charge in [-0.15, -0.1) is 0 Å². The van der Waals surface area contributed by atoms with E-state index in [9.17, 15) is 9.59 Å². The minimum atomic E-state index is -0.677. The number of hydrogen-bond acceptors (Lipinski definition) is 5. The van der Waals surface area contributed by atoms with Crippen LogP contribution in [0.4, 0.5) is 11.4 Å². The third kappa shape index (κ3) is 5.81. The zero-order chi connectivity index (χ0) is 25.7. The quantitative estimate of drug-likeness (QED) is 0.191. The number of pyridine rings is 1. The zero-order valence-electron chi connectivity index (χ0n) is 21.0. The smallest absolute Gasteiger partial charge is 0.298 e. The number of nitrogens with one attached hydrogen (secondary N) is 2. The third-order valence-electron chi connectivity index (χ3n) is 5.88. The van der Waals surface area contributed by atoms with Crippen molar-refractivity contribution in [2.45, 2.75) is 20.8 Å². The van der Waals surface area contributed by atoms with Crippen LogP contribution in [0, 0.1) is 20.8 Å². The maximum Gasteiger partial charge on any atom is 0.298 e. The van der Waals surface area contributed by atoms with E-state index in [0.29, 0.717) is 30.4 Å². The molecule has 0 aliphatic heterocycles. The average Bonchev–Trinajstić information content (AvgIpc) is 3.16. The molecule has 0 saturated heterocycles.